The van der Waals surface area contributed by atoms with Crippen LogP contribution in [0.1, 0.15) is 49.7 Å². The number of nitrogens with zero attached hydrogens (tertiary/aromatic N) is 2. The Hall–Kier alpha value is -0.450. The molecule has 6 nitrogen and oxygen atoms in total. The lowest BCUT2D eigenvalue weighted by Gasteiger charge is -2.21. The molecule has 0 unspecified atom stereocenters. The third-order valence-corrected chi connectivity index (χ3v) is 5.11. The fraction of sp³-hybridized carbons (Fsp3) is 0.778. The molecule has 0 aliphatic carbocycles. The highest BCUT2D eigenvalue weighted by molar-refractivity contribution is 14.0. The smallest absolute Gasteiger partial charge is 0.191 e. The molecule has 0 bridgehead atoms. The van der Waals surface area contributed by atoms with Gasteiger partial charge in [-0.2, -0.15) is 0 Å². The van der Waals surface area contributed by atoms with Gasteiger partial charge in [0.25, 0.3) is 0 Å². The molecule has 2 heterocycles. The number of hydrogen-bond acceptors (Lipinski definition) is 5. The standard InChI is InChI=1S/C18H32N4O2S.HI/c1-14(2)16-13-25-17(22-16)11-21-18(19-3)20-7-4-8-24-12-15-5-9-23-10-6-15;/h13-15H,4-12H2,1-3H3,(H2,19,20,21);1H. The van der Waals surface area contributed by atoms with E-state index >= 15 is 0 Å². The van der Waals surface area contributed by atoms with Crippen LogP contribution in [0, 0.1) is 5.92 Å². The summed E-state index contributed by atoms with van der Waals surface area (Å²) in [6.45, 7) is 9.29. The molecule has 26 heavy (non-hydrogen) atoms. The molecular formula is C18H33IN4O2S. The molecule has 150 valence electrons. The number of aromatic nitrogens is 1. The molecule has 0 amide bonds. The van der Waals surface area contributed by atoms with E-state index in [9.17, 15) is 0 Å². The number of guanidine groups is 1. The quantitative estimate of drug-likeness (QED) is 0.238. The summed E-state index contributed by atoms with van der Waals surface area (Å²) >= 11 is 1.69. The second-order valence-electron chi connectivity index (χ2n) is 6.66. The topological polar surface area (TPSA) is 67.8 Å². The van der Waals surface area contributed by atoms with E-state index < -0.39 is 0 Å². The molecule has 0 atom stereocenters. The van der Waals surface area contributed by atoms with Gasteiger partial charge in [0.05, 0.1) is 12.2 Å². The first-order valence-electron chi connectivity index (χ1n) is 9.23. The number of halogens is 1. The predicted molar refractivity (Wildman–Crippen MR) is 119 cm³/mol. The molecule has 1 fully saturated rings. The highest BCUT2D eigenvalue weighted by atomic mass is 127. The fourth-order valence-corrected chi connectivity index (χ4v) is 3.49. The maximum Gasteiger partial charge on any atom is 0.191 e. The van der Waals surface area contributed by atoms with Gasteiger partial charge in [-0.3, -0.25) is 4.99 Å². The Kier molecular flexibility index (Phi) is 12.4. The third kappa shape index (κ3) is 8.96. The van der Waals surface area contributed by atoms with Crippen molar-refractivity contribution in [1.82, 2.24) is 15.6 Å². The number of rotatable bonds is 9. The van der Waals surface area contributed by atoms with E-state index in [2.05, 4.69) is 39.8 Å². The number of ether oxygens (including phenoxy) is 2. The lowest BCUT2D eigenvalue weighted by Crippen LogP contribution is -2.37. The summed E-state index contributed by atoms with van der Waals surface area (Å²) in [5, 5.41) is 9.86. The first kappa shape index (κ1) is 23.6. The molecule has 1 aliphatic rings. The largest absolute Gasteiger partial charge is 0.381 e. The maximum absolute atomic E-state index is 5.78. The Labute approximate surface area is 178 Å². The number of nitrogens with one attached hydrogen (secondary N) is 2. The zero-order valence-electron chi connectivity index (χ0n) is 16.1. The lowest BCUT2D eigenvalue weighted by atomic mass is 10.0. The molecule has 0 radical (unpaired) electrons. The van der Waals surface area contributed by atoms with Crippen LogP contribution in [0.4, 0.5) is 0 Å². The van der Waals surface area contributed by atoms with Crippen molar-refractivity contribution in [3.05, 3.63) is 16.1 Å². The van der Waals surface area contributed by atoms with E-state index in [1.165, 1.54) is 0 Å². The first-order chi connectivity index (χ1) is 12.2. The minimum absolute atomic E-state index is 0. The Bertz CT molecular complexity index is 519. The van der Waals surface area contributed by atoms with Gasteiger partial charge in [-0.15, -0.1) is 35.3 Å². The Morgan fingerprint density at radius 2 is 2.15 bits per heavy atom. The third-order valence-electron chi connectivity index (χ3n) is 4.24. The van der Waals surface area contributed by atoms with Crippen molar-refractivity contribution >= 4 is 41.3 Å². The summed E-state index contributed by atoms with van der Waals surface area (Å²) in [5.74, 6) is 1.96. The second-order valence-corrected chi connectivity index (χ2v) is 7.60. The summed E-state index contributed by atoms with van der Waals surface area (Å²) in [5.41, 5.74) is 1.16. The van der Waals surface area contributed by atoms with Gasteiger partial charge in [0, 0.05) is 45.4 Å². The van der Waals surface area contributed by atoms with Crippen LogP contribution in [-0.2, 0) is 16.0 Å². The van der Waals surface area contributed by atoms with Gasteiger partial charge >= 0.3 is 0 Å². The van der Waals surface area contributed by atoms with Gasteiger partial charge in [-0.25, -0.2) is 4.98 Å². The fourth-order valence-electron chi connectivity index (χ4n) is 2.60. The van der Waals surface area contributed by atoms with Gasteiger partial charge in [-0.05, 0) is 31.1 Å². The minimum atomic E-state index is 0. The van der Waals surface area contributed by atoms with Gasteiger partial charge in [-0.1, -0.05) is 13.8 Å². The first-order valence-corrected chi connectivity index (χ1v) is 10.1. The lowest BCUT2D eigenvalue weighted by molar-refractivity contribution is 0.0203. The van der Waals surface area contributed by atoms with Gasteiger partial charge in [0.15, 0.2) is 5.96 Å². The van der Waals surface area contributed by atoms with Crippen LogP contribution in [-0.4, -0.2) is 51.0 Å². The van der Waals surface area contributed by atoms with E-state index in [0.29, 0.717) is 18.4 Å². The maximum atomic E-state index is 5.78. The summed E-state index contributed by atoms with van der Waals surface area (Å²) in [6.07, 6.45) is 3.23. The minimum Gasteiger partial charge on any atom is -0.381 e. The zero-order chi connectivity index (χ0) is 17.9. The van der Waals surface area contributed by atoms with Crippen molar-refractivity contribution in [2.45, 2.75) is 45.6 Å². The van der Waals surface area contributed by atoms with Crippen LogP contribution in [0.15, 0.2) is 10.4 Å². The molecule has 2 rings (SSSR count). The summed E-state index contributed by atoms with van der Waals surface area (Å²) in [6, 6.07) is 0. The van der Waals surface area contributed by atoms with E-state index in [1.807, 2.05) is 0 Å². The van der Waals surface area contributed by atoms with Crippen LogP contribution in [0.25, 0.3) is 0 Å². The molecule has 8 heteroatoms. The molecule has 0 saturated carbocycles. The SMILES string of the molecule is CN=C(NCCCOCC1CCOCC1)NCc1nc(C(C)C)cs1.I. The molecule has 0 spiro atoms. The molecule has 0 aromatic carbocycles. The number of hydrogen-bond donors (Lipinski definition) is 2. The number of thiazole rings is 1. The van der Waals surface area contributed by atoms with E-state index in [-0.39, 0.29) is 24.0 Å². The van der Waals surface area contributed by atoms with Crippen molar-refractivity contribution in [2.24, 2.45) is 10.9 Å². The second kappa shape index (κ2) is 13.7. The average Bonchev–Trinajstić information content (AvgIpc) is 3.11. The van der Waals surface area contributed by atoms with Crippen molar-refractivity contribution in [2.75, 3.05) is 40.0 Å². The van der Waals surface area contributed by atoms with Crippen LogP contribution < -0.4 is 10.6 Å². The van der Waals surface area contributed by atoms with E-state index in [0.717, 1.165) is 68.9 Å². The van der Waals surface area contributed by atoms with Crippen LogP contribution in [0.2, 0.25) is 0 Å². The molecule has 1 aromatic rings. The van der Waals surface area contributed by atoms with Crippen molar-refractivity contribution < 1.29 is 9.47 Å². The highest BCUT2D eigenvalue weighted by Crippen LogP contribution is 2.17. The Morgan fingerprint density at radius 1 is 1.38 bits per heavy atom. The highest BCUT2D eigenvalue weighted by Gasteiger charge is 2.13. The molecule has 1 saturated heterocycles. The van der Waals surface area contributed by atoms with Crippen molar-refractivity contribution in [3.63, 3.8) is 0 Å². The number of aliphatic imine (C=N–C) groups is 1. The summed E-state index contributed by atoms with van der Waals surface area (Å²) < 4.78 is 11.1. The van der Waals surface area contributed by atoms with E-state index in [4.69, 9.17) is 9.47 Å². The summed E-state index contributed by atoms with van der Waals surface area (Å²) in [4.78, 5) is 8.88. The normalized spacial score (nSPS) is 15.8. The Morgan fingerprint density at radius 3 is 2.81 bits per heavy atom. The van der Waals surface area contributed by atoms with Gasteiger partial charge in [0.1, 0.15) is 5.01 Å². The van der Waals surface area contributed by atoms with Crippen molar-refractivity contribution in [1.29, 1.82) is 0 Å². The molecule has 1 aromatic heterocycles. The monoisotopic (exact) mass is 496 g/mol. The van der Waals surface area contributed by atoms with E-state index in [1.54, 1.807) is 18.4 Å². The Balaban J connectivity index is 0.00000338. The van der Waals surface area contributed by atoms with Crippen LogP contribution in [0.3, 0.4) is 0 Å². The van der Waals surface area contributed by atoms with Gasteiger partial charge < -0.3 is 20.1 Å². The van der Waals surface area contributed by atoms with Crippen molar-refractivity contribution in [3.8, 4) is 0 Å². The zero-order valence-corrected chi connectivity index (χ0v) is 19.3. The summed E-state index contributed by atoms with van der Waals surface area (Å²) in [7, 11) is 1.79. The average molecular weight is 496 g/mol. The van der Waals surface area contributed by atoms with Gasteiger partial charge in [0.2, 0.25) is 0 Å². The molecular weight excluding hydrogens is 463 g/mol. The predicted octanol–water partition coefficient (Wildman–Crippen LogP) is 3.38. The van der Waals surface area contributed by atoms with Crippen LogP contribution >= 0.6 is 35.3 Å². The molecule has 1 aliphatic heterocycles. The van der Waals surface area contributed by atoms with Crippen LogP contribution in [0.5, 0.6) is 0 Å². The molecule has 2 N–H and O–H groups in total.